The minimum Gasteiger partial charge on any atom is -0.452 e. The van der Waals surface area contributed by atoms with Crippen LogP contribution in [-0.2, 0) is 0 Å². The summed E-state index contributed by atoms with van der Waals surface area (Å²) in [7, 11) is 0. The molecule has 2 aromatic heterocycles. The van der Waals surface area contributed by atoms with Crippen molar-refractivity contribution in [2.24, 2.45) is 0 Å². The van der Waals surface area contributed by atoms with Gasteiger partial charge in [0.1, 0.15) is 11.2 Å². The maximum Gasteiger partial charge on any atom is 0.178 e. The molecule has 0 aliphatic rings. The molecule has 0 bridgehead atoms. The molecule has 11 rings (SSSR count). The highest BCUT2D eigenvalue weighted by Gasteiger charge is 2.25. The Hall–Kier alpha value is -7.30. The van der Waals surface area contributed by atoms with E-state index in [1.807, 2.05) is 0 Å². The molecule has 2 heterocycles. The molecule has 0 amide bonds. The van der Waals surface area contributed by atoms with Gasteiger partial charge in [0, 0.05) is 55.7 Å². The fraction of sp³-hybridized carbons (Fsp3) is 0.265. The molecule has 0 aliphatic heterocycles. The van der Waals surface area contributed by atoms with E-state index in [2.05, 4.69) is 251 Å². The Morgan fingerprint density at radius 1 is 0.292 bits per heavy atom. The first kappa shape index (κ1) is 47.0. The standard InChI is InChI=1S/C68H68N2O2/c1-39(2)45-23-29-63(57(33-45)43(9)10)69(61-19-15-13-17-53(61)41(5)6)51-25-21-47-35-59-55-27-28-56-60-36-48-22-26-52(32-50(48)38-66(60)72-68(56)67(55)71-65(59)37-49(47)31-51)70(62-20-16-14-18-54(62)42(7)8)64-30-24-46(40(3)4)34-58(64)44(11)12/h13-44H,1-12H3. The Morgan fingerprint density at radius 3 is 1.04 bits per heavy atom. The van der Waals surface area contributed by atoms with Gasteiger partial charge in [-0.15, -0.1) is 0 Å². The topological polar surface area (TPSA) is 32.8 Å². The van der Waals surface area contributed by atoms with Crippen LogP contribution in [0.1, 0.15) is 152 Å². The van der Waals surface area contributed by atoms with Crippen molar-refractivity contribution in [1.82, 2.24) is 0 Å². The van der Waals surface area contributed by atoms with Crippen LogP contribution < -0.4 is 9.80 Å². The van der Waals surface area contributed by atoms with Crippen LogP contribution in [0, 0.1) is 0 Å². The third-order valence-corrected chi connectivity index (χ3v) is 15.2. The Balaban J connectivity index is 1.04. The first-order valence-corrected chi connectivity index (χ1v) is 26.4. The van der Waals surface area contributed by atoms with Crippen molar-refractivity contribution in [3.8, 4) is 0 Å². The fourth-order valence-electron chi connectivity index (χ4n) is 11.2. The van der Waals surface area contributed by atoms with E-state index in [9.17, 15) is 0 Å². The molecular weight excluding hydrogens is 877 g/mol. The fourth-order valence-corrected chi connectivity index (χ4v) is 11.2. The average Bonchev–Trinajstić information content (AvgIpc) is 3.92. The van der Waals surface area contributed by atoms with E-state index in [1.165, 1.54) is 66.9 Å². The summed E-state index contributed by atoms with van der Waals surface area (Å²) in [5.74, 6) is 2.27. The minimum atomic E-state index is 0.341. The Labute approximate surface area is 425 Å². The van der Waals surface area contributed by atoms with Gasteiger partial charge in [0.05, 0.1) is 0 Å². The monoisotopic (exact) mass is 945 g/mol. The largest absolute Gasteiger partial charge is 0.452 e. The molecule has 0 aliphatic carbocycles. The van der Waals surface area contributed by atoms with Crippen LogP contribution in [0.5, 0.6) is 0 Å². The molecule has 4 nitrogen and oxygen atoms in total. The Morgan fingerprint density at radius 2 is 0.667 bits per heavy atom. The van der Waals surface area contributed by atoms with Gasteiger partial charge in [-0.1, -0.05) is 156 Å². The van der Waals surface area contributed by atoms with Gasteiger partial charge in [0.15, 0.2) is 11.2 Å². The van der Waals surface area contributed by atoms with E-state index in [0.29, 0.717) is 35.5 Å². The van der Waals surface area contributed by atoms with E-state index in [-0.39, 0.29) is 0 Å². The number of furan rings is 2. The zero-order valence-electron chi connectivity index (χ0n) is 44.2. The highest BCUT2D eigenvalue weighted by atomic mass is 16.4. The van der Waals surface area contributed by atoms with Crippen LogP contribution >= 0.6 is 0 Å². The summed E-state index contributed by atoms with van der Waals surface area (Å²) in [6.45, 7) is 27.5. The van der Waals surface area contributed by atoms with Gasteiger partial charge in [-0.2, -0.15) is 0 Å². The molecule has 0 fully saturated rings. The lowest BCUT2D eigenvalue weighted by molar-refractivity contribution is 0.634. The van der Waals surface area contributed by atoms with Gasteiger partial charge in [0.2, 0.25) is 0 Å². The predicted octanol–water partition coefficient (Wildman–Crippen LogP) is 21.5. The number of hydrogen-bond acceptors (Lipinski definition) is 4. The summed E-state index contributed by atoms with van der Waals surface area (Å²) < 4.78 is 13.9. The zero-order valence-corrected chi connectivity index (χ0v) is 44.2. The SMILES string of the molecule is CC(C)c1ccc(N(c2ccc3cc4c(cc3c2)oc2c4ccc3c4cc5ccc(N(c6ccccc6C(C)C)c6ccc(C(C)C)cc6C(C)C)cc5cc4oc32)c2ccccc2C(C)C)c(C(C)C)c1. The predicted molar refractivity (Wildman–Crippen MR) is 310 cm³/mol. The van der Waals surface area contributed by atoms with Crippen LogP contribution in [-0.4, -0.2) is 0 Å². The second kappa shape index (κ2) is 18.4. The lowest BCUT2D eigenvalue weighted by Crippen LogP contribution is -2.15. The highest BCUT2D eigenvalue weighted by molar-refractivity contribution is 6.21. The molecule has 0 atom stereocenters. The number of rotatable bonds is 12. The van der Waals surface area contributed by atoms with Crippen molar-refractivity contribution in [2.45, 2.75) is 119 Å². The van der Waals surface area contributed by atoms with Crippen molar-refractivity contribution in [3.05, 3.63) is 191 Å². The lowest BCUT2D eigenvalue weighted by Gasteiger charge is -2.32. The normalized spacial score (nSPS) is 12.4. The molecule has 11 aromatic rings. The number of anilines is 6. The molecule has 72 heavy (non-hydrogen) atoms. The van der Waals surface area contributed by atoms with Crippen molar-refractivity contribution < 1.29 is 8.83 Å². The van der Waals surface area contributed by atoms with E-state index in [4.69, 9.17) is 8.83 Å². The summed E-state index contributed by atoms with van der Waals surface area (Å²) >= 11 is 0. The zero-order chi connectivity index (χ0) is 50.3. The molecule has 0 saturated heterocycles. The van der Waals surface area contributed by atoms with E-state index < -0.39 is 0 Å². The summed E-state index contributed by atoms with van der Waals surface area (Å²) in [4.78, 5) is 4.97. The first-order valence-electron chi connectivity index (χ1n) is 26.4. The molecule has 9 aromatic carbocycles. The molecule has 362 valence electrons. The Bertz CT molecular complexity index is 3610. The first-order chi connectivity index (χ1) is 34.6. The van der Waals surface area contributed by atoms with E-state index >= 15 is 0 Å². The number of nitrogens with zero attached hydrogens (tertiary/aromatic N) is 2. The van der Waals surface area contributed by atoms with Gasteiger partial charge in [-0.25, -0.2) is 0 Å². The molecule has 0 radical (unpaired) electrons. The van der Waals surface area contributed by atoms with Crippen molar-refractivity contribution in [1.29, 1.82) is 0 Å². The number of fused-ring (bicyclic) bond motifs is 9. The minimum absolute atomic E-state index is 0.341. The van der Waals surface area contributed by atoms with Crippen LogP contribution in [0.4, 0.5) is 34.1 Å². The summed E-state index contributed by atoms with van der Waals surface area (Å²) in [5.41, 5.74) is 18.4. The summed E-state index contributed by atoms with van der Waals surface area (Å²) in [5, 5.41) is 8.85. The van der Waals surface area contributed by atoms with Gasteiger partial charge >= 0.3 is 0 Å². The Kier molecular flexibility index (Phi) is 12.0. The van der Waals surface area contributed by atoms with Gasteiger partial charge in [-0.05, 0) is 175 Å². The third-order valence-electron chi connectivity index (χ3n) is 15.2. The molecule has 0 spiro atoms. The highest BCUT2D eigenvalue weighted by Crippen LogP contribution is 2.48. The third kappa shape index (κ3) is 8.10. The molecule has 0 N–H and O–H groups in total. The number of hydrogen-bond donors (Lipinski definition) is 0. The van der Waals surface area contributed by atoms with Crippen LogP contribution in [0.2, 0.25) is 0 Å². The van der Waals surface area contributed by atoms with Crippen molar-refractivity contribution >= 4 is 99.5 Å². The van der Waals surface area contributed by atoms with Crippen LogP contribution in [0.15, 0.2) is 167 Å². The molecular formula is C68H68N2O2. The lowest BCUT2D eigenvalue weighted by atomic mass is 9.92. The van der Waals surface area contributed by atoms with E-state index in [0.717, 1.165) is 66.0 Å². The van der Waals surface area contributed by atoms with Gasteiger partial charge in [-0.3, -0.25) is 0 Å². The maximum absolute atomic E-state index is 6.93. The van der Waals surface area contributed by atoms with Crippen molar-refractivity contribution in [2.75, 3.05) is 9.80 Å². The average molecular weight is 945 g/mol. The number of para-hydroxylation sites is 2. The quantitative estimate of drug-likeness (QED) is 0.122. The molecule has 0 unspecified atom stereocenters. The van der Waals surface area contributed by atoms with Crippen LogP contribution in [0.3, 0.4) is 0 Å². The molecule has 4 heteroatoms. The molecule has 0 saturated carbocycles. The van der Waals surface area contributed by atoms with Gasteiger partial charge in [0.25, 0.3) is 0 Å². The van der Waals surface area contributed by atoms with Crippen molar-refractivity contribution in [3.63, 3.8) is 0 Å². The van der Waals surface area contributed by atoms with E-state index in [1.54, 1.807) is 0 Å². The van der Waals surface area contributed by atoms with Gasteiger partial charge < -0.3 is 18.6 Å². The second-order valence-electron chi connectivity index (χ2n) is 22.1. The van der Waals surface area contributed by atoms with Crippen LogP contribution in [0.25, 0.3) is 65.4 Å². The summed E-state index contributed by atoms with van der Waals surface area (Å²) in [6, 6.07) is 59.2. The second-order valence-corrected chi connectivity index (χ2v) is 22.1. The number of benzene rings is 9. The summed E-state index contributed by atoms with van der Waals surface area (Å²) in [6.07, 6.45) is 0. The maximum atomic E-state index is 6.93. The smallest absolute Gasteiger partial charge is 0.178 e.